The van der Waals surface area contributed by atoms with E-state index in [1.807, 2.05) is 0 Å². The summed E-state index contributed by atoms with van der Waals surface area (Å²) in [6.45, 7) is 2.10. The number of likely N-dealkylation sites (tertiary alicyclic amines) is 2. The third kappa shape index (κ3) is 3.22. The van der Waals surface area contributed by atoms with Crippen molar-refractivity contribution in [2.45, 2.75) is 63.1 Å². The molecule has 3 rings (SSSR count). The van der Waals surface area contributed by atoms with Crippen LogP contribution in [0.1, 0.15) is 45.4 Å². The van der Waals surface area contributed by atoms with Gasteiger partial charge in [0.05, 0.1) is 24.5 Å². The van der Waals surface area contributed by atoms with E-state index in [4.69, 9.17) is 11.5 Å². The topological polar surface area (TPSA) is 127 Å². The molecule has 8 heteroatoms. The maximum absolute atomic E-state index is 12.9. The van der Waals surface area contributed by atoms with Gasteiger partial charge in [-0.25, -0.2) is 0 Å². The fourth-order valence-electron chi connectivity index (χ4n) is 4.36. The molecule has 26 heavy (non-hydrogen) atoms. The molecule has 0 bridgehead atoms. The van der Waals surface area contributed by atoms with Gasteiger partial charge in [0.2, 0.25) is 17.7 Å². The Kier molecular flexibility index (Phi) is 5.05. The van der Waals surface area contributed by atoms with Gasteiger partial charge in [0, 0.05) is 12.5 Å². The smallest absolute Gasteiger partial charge is 0.243 e. The average molecular weight is 363 g/mol. The van der Waals surface area contributed by atoms with Crippen LogP contribution < -0.4 is 11.5 Å². The van der Waals surface area contributed by atoms with Crippen LogP contribution in [0.4, 0.5) is 0 Å². The zero-order valence-corrected chi connectivity index (χ0v) is 15.1. The number of fused-ring (bicyclic) bond motifs is 1. The van der Waals surface area contributed by atoms with Gasteiger partial charge >= 0.3 is 0 Å². The first-order valence-electron chi connectivity index (χ1n) is 9.30. The number of rotatable bonds is 5. The van der Waals surface area contributed by atoms with Gasteiger partial charge in [-0.2, -0.15) is 0 Å². The number of carbonyl (C=O) groups excluding carboxylic acids is 4. The van der Waals surface area contributed by atoms with Crippen molar-refractivity contribution in [3.63, 3.8) is 0 Å². The van der Waals surface area contributed by atoms with Gasteiger partial charge < -0.3 is 21.3 Å². The summed E-state index contributed by atoms with van der Waals surface area (Å²) in [7, 11) is 0. The minimum Gasteiger partial charge on any atom is -0.369 e. The molecule has 3 unspecified atom stereocenters. The number of carbonyl (C=O) groups is 4. The van der Waals surface area contributed by atoms with Gasteiger partial charge in [-0.3, -0.25) is 19.2 Å². The van der Waals surface area contributed by atoms with Crippen LogP contribution in [0.3, 0.4) is 0 Å². The van der Waals surface area contributed by atoms with Crippen molar-refractivity contribution in [1.29, 1.82) is 0 Å². The number of ketones is 1. The highest BCUT2D eigenvalue weighted by Crippen LogP contribution is 2.35. The summed E-state index contributed by atoms with van der Waals surface area (Å²) in [6, 6.07) is -0.890. The lowest BCUT2D eigenvalue weighted by molar-refractivity contribution is -0.138. The van der Waals surface area contributed by atoms with E-state index in [0.717, 1.165) is 12.8 Å². The van der Waals surface area contributed by atoms with Gasteiger partial charge in [0.1, 0.15) is 6.04 Å². The molecular formula is C18H27N4O4. The summed E-state index contributed by atoms with van der Waals surface area (Å²) in [5.74, 6) is -1.46. The van der Waals surface area contributed by atoms with E-state index in [1.165, 1.54) is 11.3 Å². The lowest BCUT2D eigenvalue weighted by atomic mass is 9.96. The maximum Gasteiger partial charge on any atom is 0.243 e. The predicted octanol–water partition coefficient (Wildman–Crippen LogP) is -0.646. The van der Waals surface area contributed by atoms with Crippen LogP contribution in [0, 0.1) is 12.3 Å². The molecule has 1 aliphatic carbocycles. The molecule has 3 amide bonds. The van der Waals surface area contributed by atoms with Crippen LogP contribution >= 0.6 is 0 Å². The Morgan fingerprint density at radius 2 is 1.92 bits per heavy atom. The molecule has 3 fully saturated rings. The molecule has 4 N–H and O–H groups in total. The summed E-state index contributed by atoms with van der Waals surface area (Å²) in [6.07, 6.45) is 5.38. The van der Waals surface area contributed by atoms with Crippen molar-refractivity contribution >= 4 is 23.5 Å². The number of Topliss-reactive ketones (excluding diaryl/α,β-unsaturated/α-hetero) is 1. The molecule has 143 valence electrons. The molecule has 1 radical (unpaired) electrons. The van der Waals surface area contributed by atoms with Crippen molar-refractivity contribution in [1.82, 2.24) is 9.80 Å². The van der Waals surface area contributed by atoms with Crippen molar-refractivity contribution in [2.75, 3.05) is 13.1 Å². The van der Waals surface area contributed by atoms with Crippen LogP contribution in [-0.2, 0) is 19.2 Å². The molecule has 3 aliphatic rings. The molecule has 8 nitrogen and oxygen atoms in total. The zero-order valence-electron chi connectivity index (χ0n) is 15.1. The summed E-state index contributed by atoms with van der Waals surface area (Å²) in [5.41, 5.74) is 10.6. The third-order valence-electron chi connectivity index (χ3n) is 6.02. The van der Waals surface area contributed by atoms with Crippen molar-refractivity contribution in [3.8, 4) is 0 Å². The summed E-state index contributed by atoms with van der Waals surface area (Å²) >= 11 is 0. The highest BCUT2D eigenvalue weighted by atomic mass is 16.2. The Balaban J connectivity index is 1.66. The van der Waals surface area contributed by atoms with Crippen molar-refractivity contribution in [3.05, 3.63) is 6.42 Å². The molecule has 0 spiro atoms. The maximum atomic E-state index is 12.9. The van der Waals surface area contributed by atoms with Crippen LogP contribution in [0.25, 0.3) is 0 Å². The average Bonchev–Trinajstić information content (AvgIpc) is 3.29. The van der Waals surface area contributed by atoms with Gasteiger partial charge in [-0.1, -0.05) is 19.8 Å². The molecule has 2 saturated heterocycles. The van der Waals surface area contributed by atoms with E-state index in [0.29, 0.717) is 25.8 Å². The normalized spacial score (nSPS) is 28.3. The Morgan fingerprint density at radius 3 is 2.54 bits per heavy atom. The minimum absolute atomic E-state index is 0.0224. The van der Waals surface area contributed by atoms with Gasteiger partial charge in [-0.05, 0) is 25.7 Å². The van der Waals surface area contributed by atoms with Gasteiger partial charge in [0.15, 0.2) is 5.78 Å². The number of hydrogen-bond acceptors (Lipinski definition) is 5. The second kappa shape index (κ2) is 6.98. The van der Waals surface area contributed by atoms with Crippen LogP contribution in [0.2, 0.25) is 0 Å². The lowest BCUT2D eigenvalue weighted by Gasteiger charge is -2.31. The van der Waals surface area contributed by atoms with Gasteiger partial charge in [-0.15, -0.1) is 0 Å². The lowest BCUT2D eigenvalue weighted by Crippen LogP contribution is -2.55. The number of hydrogen-bond donors (Lipinski definition) is 2. The summed E-state index contributed by atoms with van der Waals surface area (Å²) < 4.78 is 0. The Labute approximate surface area is 153 Å². The summed E-state index contributed by atoms with van der Waals surface area (Å²) in [5, 5.41) is 0. The third-order valence-corrected chi connectivity index (χ3v) is 6.02. The second-order valence-electron chi connectivity index (χ2n) is 7.84. The predicted molar refractivity (Wildman–Crippen MR) is 93.3 cm³/mol. The summed E-state index contributed by atoms with van der Waals surface area (Å²) in [4.78, 5) is 52.2. The highest BCUT2D eigenvalue weighted by molar-refractivity contribution is 6.00. The Hall–Kier alpha value is -1.96. The first-order valence-corrected chi connectivity index (χ1v) is 9.30. The molecule has 2 heterocycles. The first kappa shape index (κ1) is 18.8. The fourth-order valence-corrected chi connectivity index (χ4v) is 4.36. The minimum atomic E-state index is -0.865. The fraction of sp³-hybridized carbons (Fsp3) is 0.722. The molecule has 0 aromatic heterocycles. The van der Waals surface area contributed by atoms with Crippen molar-refractivity contribution < 1.29 is 19.2 Å². The first-order chi connectivity index (χ1) is 12.2. The number of nitrogens with zero attached hydrogens (tertiary/aromatic N) is 2. The van der Waals surface area contributed by atoms with E-state index in [1.54, 1.807) is 11.8 Å². The monoisotopic (exact) mass is 363 g/mol. The number of primary amides is 1. The quantitative estimate of drug-likeness (QED) is 0.671. The SMILES string of the molecule is CC(C[CH]C(=O)N1CCC2C1C(=O)CN2C(=O)C1(N)CCCC1)C(N)=O. The van der Waals surface area contributed by atoms with Crippen molar-refractivity contribution in [2.24, 2.45) is 17.4 Å². The van der Waals surface area contributed by atoms with Gasteiger partial charge in [0.25, 0.3) is 0 Å². The molecule has 0 aromatic carbocycles. The Bertz CT molecular complexity index is 629. The van der Waals surface area contributed by atoms with Crippen LogP contribution in [0.15, 0.2) is 0 Å². The van der Waals surface area contributed by atoms with E-state index in [9.17, 15) is 19.2 Å². The standard InChI is InChI=1S/C18H27N4O4/c1-11(16(19)25)4-5-14(24)21-9-6-12-15(21)13(23)10-22(12)17(26)18(20)7-2-3-8-18/h5,11-12,15H,2-4,6-10,20H2,1H3,(H2,19,25). The number of nitrogens with two attached hydrogens (primary N) is 2. The van der Waals surface area contributed by atoms with E-state index < -0.39 is 23.4 Å². The largest absolute Gasteiger partial charge is 0.369 e. The Morgan fingerprint density at radius 1 is 1.27 bits per heavy atom. The van der Waals surface area contributed by atoms with Crippen LogP contribution in [-0.4, -0.2) is 64.0 Å². The van der Waals surface area contributed by atoms with E-state index >= 15 is 0 Å². The zero-order chi connectivity index (χ0) is 19.1. The van der Waals surface area contributed by atoms with E-state index in [-0.39, 0.29) is 36.6 Å². The molecule has 0 aromatic rings. The second-order valence-corrected chi connectivity index (χ2v) is 7.84. The van der Waals surface area contributed by atoms with Crippen LogP contribution in [0.5, 0.6) is 0 Å². The molecule has 2 aliphatic heterocycles. The highest BCUT2D eigenvalue weighted by Gasteiger charge is 2.54. The molecule has 1 saturated carbocycles. The number of amides is 3. The van der Waals surface area contributed by atoms with E-state index in [2.05, 4.69) is 0 Å². The molecular weight excluding hydrogens is 336 g/mol. The molecule has 3 atom stereocenters.